The molecule has 680 valence electrons. The molecule has 135 heavy (non-hydrogen) atoms. The third-order valence-electron chi connectivity index (χ3n) is 29.5. The minimum Gasteiger partial charge on any atom is -0.350 e. The molecular formula is C134H138O. The molecule has 0 spiro atoms. The van der Waals surface area contributed by atoms with E-state index in [4.69, 9.17) is 0 Å². The second-order valence-corrected chi connectivity index (χ2v) is 47.3. The molecule has 2 aliphatic carbocycles. The molecule has 0 saturated heterocycles. The molecule has 0 atom stereocenters. The highest BCUT2D eigenvalue weighted by Crippen LogP contribution is 2.62. The fourth-order valence-electron chi connectivity index (χ4n) is 20.7. The van der Waals surface area contributed by atoms with Gasteiger partial charge in [0.05, 0.1) is 0 Å². The Hall–Kier alpha value is -12.5. The smallest absolute Gasteiger partial charge is 0.121 e. The summed E-state index contributed by atoms with van der Waals surface area (Å²) in [6.45, 7) is 60.1. The maximum Gasteiger partial charge on any atom is 0.121 e. The maximum absolute atomic E-state index is 9.37. The number of rotatable bonds is 16. The van der Waals surface area contributed by atoms with Gasteiger partial charge in [-0.05, 0) is 376 Å². The molecule has 1 nitrogen and oxygen atoms in total. The SMILES string of the molecule is CCC1(OC2(CC)c3cc(-c4cc(-c5ccc(C(C)(C)C)cc5)cc(-c5ccc(C(C)(C)C)cc5)c4)ccc3-c3ccc(-c4cc(-c5ccc(C(C)(C)C)cc5)cc(-c5ccc(C(C)(C)C)cc5)c4)cc32)c2cc(-c3cc(-c4ccc(C(C)(C)C)cc4)cc(-c4ccc(C(C)(C)C)cc4)c3)ccc2-c2ccc(-c3cc(-c4ccc(C(C)(C)C)cc4)cc(-c4ccc(C(C)(C)C)cc4)c3)cc21. The van der Waals surface area contributed by atoms with Crippen molar-refractivity contribution in [3.05, 3.63) is 406 Å². The van der Waals surface area contributed by atoms with Crippen LogP contribution in [0.25, 0.3) is 156 Å². The molecule has 0 aliphatic heterocycles. The monoisotopic (exact) mass is 1760 g/mol. The van der Waals surface area contributed by atoms with E-state index < -0.39 is 11.2 Å². The van der Waals surface area contributed by atoms with Crippen molar-refractivity contribution in [2.75, 3.05) is 0 Å². The fourth-order valence-corrected chi connectivity index (χ4v) is 20.7. The van der Waals surface area contributed by atoms with Gasteiger partial charge < -0.3 is 4.74 Å². The van der Waals surface area contributed by atoms with Crippen molar-refractivity contribution in [3.63, 3.8) is 0 Å². The lowest BCUT2D eigenvalue weighted by atomic mass is 9.80. The Balaban J connectivity index is 0.898. The van der Waals surface area contributed by atoms with Crippen molar-refractivity contribution in [2.45, 2.75) is 247 Å². The first-order valence-corrected chi connectivity index (χ1v) is 49.5. The van der Waals surface area contributed by atoms with Gasteiger partial charge in [0.15, 0.2) is 0 Å². The van der Waals surface area contributed by atoms with Crippen LogP contribution in [-0.4, -0.2) is 0 Å². The van der Waals surface area contributed by atoms with E-state index in [9.17, 15) is 4.74 Å². The molecule has 0 fully saturated rings. The number of ether oxygens (including phenoxy) is 1. The van der Waals surface area contributed by atoms with Crippen molar-refractivity contribution < 1.29 is 4.74 Å². The molecule has 0 aromatic heterocycles. The predicted octanol–water partition coefficient (Wildman–Crippen LogP) is 38.1. The first-order chi connectivity index (χ1) is 63.7. The van der Waals surface area contributed by atoms with Crippen LogP contribution in [-0.2, 0) is 59.3 Å². The topological polar surface area (TPSA) is 9.23 Å². The second-order valence-electron chi connectivity index (χ2n) is 47.3. The first kappa shape index (κ1) is 92.9. The Morgan fingerprint density at radius 2 is 0.252 bits per heavy atom. The lowest BCUT2D eigenvalue weighted by Gasteiger charge is -2.43. The van der Waals surface area contributed by atoms with Crippen molar-refractivity contribution in [1.82, 2.24) is 0 Å². The number of fused-ring (bicyclic) bond motifs is 6. The minimum absolute atomic E-state index is 0.00355. The molecule has 1 heteroatoms. The molecular weight excluding hydrogens is 1630 g/mol. The molecule has 16 aromatic rings. The fraction of sp³-hybridized carbons (Fsp3) is 0.284. The summed E-state index contributed by atoms with van der Waals surface area (Å²) in [7, 11) is 0. The normalized spacial score (nSPS) is 13.8. The summed E-state index contributed by atoms with van der Waals surface area (Å²) in [6, 6.07) is 133. The Bertz CT molecular complexity index is 5980. The Morgan fingerprint density at radius 3 is 0.363 bits per heavy atom. The highest BCUT2D eigenvalue weighted by molar-refractivity contribution is 5.93. The van der Waals surface area contributed by atoms with E-state index in [1.165, 1.54) is 156 Å². The van der Waals surface area contributed by atoms with Gasteiger partial charge in [0, 0.05) is 0 Å². The van der Waals surface area contributed by atoms with Crippen LogP contribution < -0.4 is 0 Å². The zero-order valence-corrected chi connectivity index (χ0v) is 85.2. The molecule has 0 radical (unpaired) electrons. The highest BCUT2D eigenvalue weighted by atomic mass is 16.5. The number of benzene rings is 16. The largest absolute Gasteiger partial charge is 0.350 e. The molecule has 0 N–H and O–H groups in total. The van der Waals surface area contributed by atoms with Gasteiger partial charge in [0.1, 0.15) is 11.2 Å². The Labute approximate surface area is 808 Å². The Kier molecular flexibility index (Phi) is 23.7. The average molecular weight is 1760 g/mol. The van der Waals surface area contributed by atoms with E-state index in [-0.39, 0.29) is 43.3 Å². The lowest BCUT2D eigenvalue weighted by molar-refractivity contribution is -0.125. The van der Waals surface area contributed by atoms with Crippen LogP contribution in [0.5, 0.6) is 0 Å². The van der Waals surface area contributed by atoms with Gasteiger partial charge in [0.2, 0.25) is 0 Å². The van der Waals surface area contributed by atoms with Crippen LogP contribution in [0.3, 0.4) is 0 Å². The Morgan fingerprint density at radius 1 is 0.141 bits per heavy atom. The lowest BCUT2D eigenvalue weighted by Crippen LogP contribution is -2.40. The summed E-state index contributed by atoms with van der Waals surface area (Å²) < 4.78 is 9.37. The molecule has 0 bridgehead atoms. The quantitative estimate of drug-likeness (QED) is 0.0937. The summed E-state index contributed by atoms with van der Waals surface area (Å²) in [5, 5.41) is 0. The zero-order chi connectivity index (χ0) is 95.8. The van der Waals surface area contributed by atoms with Gasteiger partial charge in [-0.15, -0.1) is 0 Å². The summed E-state index contributed by atoms with van der Waals surface area (Å²) in [6.07, 6.45) is 1.23. The van der Waals surface area contributed by atoms with Crippen molar-refractivity contribution in [3.8, 4) is 156 Å². The predicted molar refractivity (Wildman–Crippen MR) is 582 cm³/mol. The van der Waals surface area contributed by atoms with Crippen LogP contribution in [0.4, 0.5) is 0 Å². The average Bonchev–Trinajstić information content (AvgIpc) is 1.53. The second kappa shape index (κ2) is 34.4. The molecule has 0 saturated carbocycles. The maximum atomic E-state index is 9.37. The molecule has 0 heterocycles. The van der Waals surface area contributed by atoms with Crippen molar-refractivity contribution >= 4 is 0 Å². The zero-order valence-electron chi connectivity index (χ0n) is 85.2. The van der Waals surface area contributed by atoms with Gasteiger partial charge in [0.25, 0.3) is 0 Å². The van der Waals surface area contributed by atoms with Crippen LogP contribution in [0, 0.1) is 0 Å². The van der Waals surface area contributed by atoms with E-state index in [1.807, 2.05) is 0 Å². The van der Waals surface area contributed by atoms with Gasteiger partial charge >= 0.3 is 0 Å². The van der Waals surface area contributed by atoms with E-state index in [0.717, 1.165) is 66.8 Å². The summed E-state index contributed by atoms with van der Waals surface area (Å²) >= 11 is 0. The molecule has 0 amide bonds. The molecule has 2 aliphatic rings. The van der Waals surface area contributed by atoms with E-state index in [1.54, 1.807) is 0 Å². The van der Waals surface area contributed by atoms with Gasteiger partial charge in [-0.2, -0.15) is 0 Å². The van der Waals surface area contributed by atoms with Crippen LogP contribution in [0.15, 0.2) is 340 Å². The third kappa shape index (κ3) is 18.3. The summed E-state index contributed by atoms with van der Waals surface area (Å²) in [5.41, 5.74) is 45.6. The van der Waals surface area contributed by atoms with E-state index in [0.29, 0.717) is 12.8 Å². The van der Waals surface area contributed by atoms with Gasteiger partial charge in [-0.1, -0.05) is 423 Å². The minimum atomic E-state index is -1.08. The van der Waals surface area contributed by atoms with Gasteiger partial charge in [-0.25, -0.2) is 0 Å². The van der Waals surface area contributed by atoms with E-state index in [2.05, 4.69) is 520 Å². The molecule has 16 aromatic carbocycles. The van der Waals surface area contributed by atoms with Crippen LogP contribution in [0.1, 0.15) is 260 Å². The molecule has 0 unspecified atom stereocenters. The number of hydrogen-bond donors (Lipinski definition) is 0. The van der Waals surface area contributed by atoms with E-state index >= 15 is 0 Å². The summed E-state index contributed by atoms with van der Waals surface area (Å²) in [4.78, 5) is 0. The standard InChI is InChI=1S/C134H138O/c1-27-133(121-81-93(105-73-97(85-29-49-109(50-30-85)125(3,4)5)69-98(74-105)86-31-51-110(52-32-86)126(6,7)8)45-65-117(121)118-66-46-94(82-122(118)133)106-75-99(87-33-53-111(54-34-87)127(9,10)11)70-100(76-106)88-35-55-112(56-36-88)128(12,13)14)135-134(28-2)123-83-95(107-77-101(89-37-57-113(58-38-89)129(15,16)17)71-102(78-107)90-39-59-114(60-40-90)130(18,19)20)47-67-119(123)120-68-48-96(84-124(120)134)108-79-103(91-41-61-115(62-42-91)131(21,22)23)72-104(80-108)92-43-63-116(64-44-92)132(24,25)26/h29-84H,27-28H2,1-26H3. The summed E-state index contributed by atoms with van der Waals surface area (Å²) in [5.74, 6) is 0. The van der Waals surface area contributed by atoms with Crippen LogP contribution in [0.2, 0.25) is 0 Å². The van der Waals surface area contributed by atoms with Crippen LogP contribution >= 0.6 is 0 Å². The molecule has 18 rings (SSSR count). The number of hydrogen-bond acceptors (Lipinski definition) is 1. The van der Waals surface area contributed by atoms with Gasteiger partial charge in [-0.3, -0.25) is 0 Å². The first-order valence-electron chi connectivity index (χ1n) is 49.5. The van der Waals surface area contributed by atoms with Crippen molar-refractivity contribution in [2.24, 2.45) is 0 Å². The highest BCUT2D eigenvalue weighted by Gasteiger charge is 2.54. The third-order valence-corrected chi connectivity index (χ3v) is 29.5. The van der Waals surface area contributed by atoms with Crippen molar-refractivity contribution in [1.29, 1.82) is 0 Å².